The predicted octanol–water partition coefficient (Wildman–Crippen LogP) is 2.60. The molecule has 0 saturated heterocycles. The molecule has 11 heteroatoms. The molecule has 2 N–H and O–H groups in total. The van der Waals surface area contributed by atoms with Gasteiger partial charge in [0.15, 0.2) is 0 Å². The first-order valence-corrected chi connectivity index (χ1v) is 8.87. The second kappa shape index (κ2) is 9.06. The standard InChI is InChI=1S/C19H14ClF3N4O3/c20-11-5-3-10(4-6-11)14-8-13(18(29)25-15(16(21)22)17(23)28)19(30)27(26-14)12-2-1-7-24-9-12/h1-9,15-17,28H,(H,25,29)/t15-,17?/m0/s1. The molecule has 3 aromatic rings. The number of aliphatic hydroxyl groups is 1. The maximum atomic E-state index is 13.1. The number of pyridine rings is 1. The Bertz CT molecular complexity index is 1080. The zero-order valence-electron chi connectivity index (χ0n) is 15.0. The van der Waals surface area contributed by atoms with Crippen molar-refractivity contribution in [2.45, 2.75) is 18.8 Å². The number of carbonyl (C=O) groups is 1. The van der Waals surface area contributed by atoms with Crippen LogP contribution < -0.4 is 10.9 Å². The minimum Gasteiger partial charge on any atom is -0.362 e. The van der Waals surface area contributed by atoms with Crippen molar-refractivity contribution in [1.82, 2.24) is 20.1 Å². The van der Waals surface area contributed by atoms with Crippen LogP contribution in [0.1, 0.15) is 10.4 Å². The number of nitrogens with one attached hydrogen (secondary N) is 1. The van der Waals surface area contributed by atoms with Crippen molar-refractivity contribution in [2.75, 3.05) is 0 Å². The maximum absolute atomic E-state index is 13.1. The highest BCUT2D eigenvalue weighted by Crippen LogP contribution is 2.20. The van der Waals surface area contributed by atoms with E-state index in [-0.39, 0.29) is 11.4 Å². The molecule has 0 aliphatic heterocycles. The van der Waals surface area contributed by atoms with Gasteiger partial charge in [0.2, 0.25) is 6.36 Å². The number of alkyl halides is 3. The van der Waals surface area contributed by atoms with Gasteiger partial charge >= 0.3 is 0 Å². The number of aromatic nitrogens is 3. The van der Waals surface area contributed by atoms with Crippen LogP contribution in [0.15, 0.2) is 59.7 Å². The summed E-state index contributed by atoms with van der Waals surface area (Å²) in [6.45, 7) is 0. The Morgan fingerprint density at radius 1 is 1.17 bits per heavy atom. The van der Waals surface area contributed by atoms with Gasteiger partial charge in [-0.2, -0.15) is 9.78 Å². The van der Waals surface area contributed by atoms with Crippen LogP contribution in [0.2, 0.25) is 5.02 Å². The Morgan fingerprint density at radius 3 is 2.43 bits per heavy atom. The molecule has 2 heterocycles. The van der Waals surface area contributed by atoms with Crippen LogP contribution in [-0.4, -0.2) is 44.6 Å². The van der Waals surface area contributed by atoms with Crippen molar-refractivity contribution in [3.05, 3.63) is 75.8 Å². The smallest absolute Gasteiger partial charge is 0.284 e. The van der Waals surface area contributed by atoms with E-state index in [4.69, 9.17) is 16.7 Å². The Kier molecular flexibility index (Phi) is 6.48. The van der Waals surface area contributed by atoms with E-state index in [0.717, 1.165) is 10.7 Å². The van der Waals surface area contributed by atoms with Gasteiger partial charge in [-0.3, -0.25) is 14.6 Å². The van der Waals surface area contributed by atoms with Crippen molar-refractivity contribution in [1.29, 1.82) is 0 Å². The van der Waals surface area contributed by atoms with Crippen molar-refractivity contribution < 1.29 is 23.1 Å². The first-order valence-electron chi connectivity index (χ1n) is 8.50. The summed E-state index contributed by atoms with van der Waals surface area (Å²) < 4.78 is 39.8. The minimum absolute atomic E-state index is 0.148. The summed E-state index contributed by atoms with van der Waals surface area (Å²) in [6.07, 6.45) is -3.64. The molecule has 1 amide bonds. The molecule has 30 heavy (non-hydrogen) atoms. The number of hydrogen-bond acceptors (Lipinski definition) is 5. The number of nitrogens with zero attached hydrogens (tertiary/aromatic N) is 3. The summed E-state index contributed by atoms with van der Waals surface area (Å²) in [7, 11) is 0. The number of aliphatic hydroxyl groups excluding tert-OH is 1. The summed E-state index contributed by atoms with van der Waals surface area (Å²) in [6, 6.07) is 7.90. The topological polar surface area (TPSA) is 97.1 Å². The number of rotatable bonds is 6. The lowest BCUT2D eigenvalue weighted by atomic mass is 10.1. The Hall–Kier alpha value is -3.24. The van der Waals surface area contributed by atoms with Crippen LogP contribution in [0.4, 0.5) is 13.2 Å². The summed E-state index contributed by atoms with van der Waals surface area (Å²) in [5.74, 6) is -1.29. The van der Waals surface area contributed by atoms with E-state index in [2.05, 4.69) is 10.1 Å². The lowest BCUT2D eigenvalue weighted by Crippen LogP contribution is -2.48. The molecule has 0 aliphatic rings. The molecule has 0 bridgehead atoms. The summed E-state index contributed by atoms with van der Waals surface area (Å²) in [5.41, 5.74) is -0.690. The number of amides is 1. The molecule has 0 radical (unpaired) electrons. The van der Waals surface area contributed by atoms with Crippen LogP contribution in [0.3, 0.4) is 0 Å². The lowest BCUT2D eigenvalue weighted by Gasteiger charge is -2.18. The Labute approximate surface area is 172 Å². The van der Waals surface area contributed by atoms with Crippen molar-refractivity contribution >= 4 is 17.5 Å². The fourth-order valence-electron chi connectivity index (χ4n) is 2.55. The van der Waals surface area contributed by atoms with Crippen molar-refractivity contribution in [3.63, 3.8) is 0 Å². The summed E-state index contributed by atoms with van der Waals surface area (Å²) in [5, 5.41) is 15.2. The normalized spacial score (nSPS) is 13.1. The van der Waals surface area contributed by atoms with E-state index in [1.54, 1.807) is 29.6 Å². The molecule has 0 aliphatic carbocycles. The van der Waals surface area contributed by atoms with E-state index < -0.39 is 35.9 Å². The van der Waals surface area contributed by atoms with Crippen LogP contribution >= 0.6 is 11.6 Å². The minimum atomic E-state index is -3.40. The van der Waals surface area contributed by atoms with Crippen molar-refractivity contribution in [2.24, 2.45) is 0 Å². The fraction of sp³-hybridized carbons (Fsp3) is 0.158. The number of benzene rings is 1. The van der Waals surface area contributed by atoms with Gasteiger partial charge in [-0.05, 0) is 30.3 Å². The average molecular weight is 439 g/mol. The van der Waals surface area contributed by atoms with Crippen LogP contribution in [0.5, 0.6) is 0 Å². The van der Waals surface area contributed by atoms with Gasteiger partial charge in [0.1, 0.15) is 11.6 Å². The largest absolute Gasteiger partial charge is 0.362 e. The quantitative estimate of drug-likeness (QED) is 0.616. The van der Waals surface area contributed by atoms with Gasteiger partial charge in [0, 0.05) is 16.8 Å². The molecule has 0 fully saturated rings. The SMILES string of the molecule is O=C(N[C@H](C(O)F)C(F)F)c1cc(-c2ccc(Cl)cc2)nn(-c2cccnc2)c1=O. The second-order valence-electron chi connectivity index (χ2n) is 6.08. The lowest BCUT2D eigenvalue weighted by molar-refractivity contribution is -0.0481. The zero-order valence-corrected chi connectivity index (χ0v) is 15.8. The molecule has 7 nitrogen and oxygen atoms in total. The molecule has 156 valence electrons. The third-order valence-corrected chi connectivity index (χ3v) is 4.30. The monoisotopic (exact) mass is 438 g/mol. The van der Waals surface area contributed by atoms with E-state index in [0.29, 0.717) is 10.6 Å². The van der Waals surface area contributed by atoms with Gasteiger partial charge < -0.3 is 10.4 Å². The van der Waals surface area contributed by atoms with Crippen molar-refractivity contribution in [3.8, 4) is 16.9 Å². The highest BCUT2D eigenvalue weighted by atomic mass is 35.5. The molecule has 1 unspecified atom stereocenters. The van der Waals surface area contributed by atoms with E-state index in [1.165, 1.54) is 24.5 Å². The summed E-state index contributed by atoms with van der Waals surface area (Å²) >= 11 is 5.87. The zero-order chi connectivity index (χ0) is 21.8. The van der Waals surface area contributed by atoms with Crippen LogP contribution in [-0.2, 0) is 0 Å². The summed E-state index contributed by atoms with van der Waals surface area (Å²) in [4.78, 5) is 29.2. The van der Waals surface area contributed by atoms with E-state index in [9.17, 15) is 22.8 Å². The average Bonchev–Trinajstić information content (AvgIpc) is 2.72. The van der Waals surface area contributed by atoms with E-state index in [1.807, 2.05) is 0 Å². The highest BCUT2D eigenvalue weighted by Gasteiger charge is 2.31. The second-order valence-corrected chi connectivity index (χ2v) is 6.52. The van der Waals surface area contributed by atoms with Crippen LogP contribution in [0, 0.1) is 0 Å². The highest BCUT2D eigenvalue weighted by molar-refractivity contribution is 6.30. The molecule has 0 saturated carbocycles. The number of carbonyl (C=O) groups excluding carboxylic acids is 1. The first kappa shape index (κ1) is 21.5. The molecule has 3 rings (SSSR count). The first-order chi connectivity index (χ1) is 14.3. The van der Waals surface area contributed by atoms with Gasteiger partial charge in [0.05, 0.1) is 17.6 Å². The number of halogens is 4. The maximum Gasteiger partial charge on any atom is 0.284 e. The molecular weight excluding hydrogens is 425 g/mol. The Balaban J connectivity index is 2.14. The molecule has 1 aromatic carbocycles. The molecule has 0 spiro atoms. The third-order valence-electron chi connectivity index (χ3n) is 4.05. The fourth-order valence-corrected chi connectivity index (χ4v) is 2.68. The predicted molar refractivity (Wildman–Crippen MR) is 102 cm³/mol. The molecular formula is C19H14ClF3N4O3. The van der Waals surface area contributed by atoms with Crippen LogP contribution in [0.25, 0.3) is 16.9 Å². The number of hydrogen-bond donors (Lipinski definition) is 2. The third kappa shape index (κ3) is 4.66. The van der Waals surface area contributed by atoms with Gasteiger partial charge in [-0.1, -0.05) is 23.7 Å². The van der Waals surface area contributed by atoms with Gasteiger partial charge in [-0.25, -0.2) is 13.2 Å². The van der Waals surface area contributed by atoms with Gasteiger partial charge in [0.25, 0.3) is 17.9 Å². The van der Waals surface area contributed by atoms with E-state index >= 15 is 0 Å². The Morgan fingerprint density at radius 2 is 1.87 bits per heavy atom. The van der Waals surface area contributed by atoms with Gasteiger partial charge in [-0.15, -0.1) is 0 Å². The molecule has 2 aromatic heterocycles. The molecule has 2 atom stereocenters.